The summed E-state index contributed by atoms with van der Waals surface area (Å²) in [5, 5.41) is 13.1. The molecule has 20 heavy (non-hydrogen) atoms. The average Bonchev–Trinajstić information content (AvgIpc) is 2.46. The molecule has 3 aromatic carbocycles. The van der Waals surface area contributed by atoms with Crippen molar-refractivity contribution in [2.24, 2.45) is 0 Å². The minimum Gasteiger partial charge on any atom is -0.392 e. The Hall–Kier alpha value is -1.54. The quantitative estimate of drug-likeness (QED) is 0.680. The van der Waals surface area contributed by atoms with Crippen LogP contribution in [0.1, 0.15) is 5.56 Å². The van der Waals surface area contributed by atoms with Crippen molar-refractivity contribution in [3.05, 3.63) is 70.2 Å². The average molecular weight is 303 g/mol. The number of aliphatic hydroxyl groups is 1. The van der Waals surface area contributed by atoms with Gasteiger partial charge in [-0.15, -0.1) is 0 Å². The number of hydrogen-bond donors (Lipinski definition) is 1. The van der Waals surface area contributed by atoms with E-state index in [0.717, 1.165) is 32.5 Å². The summed E-state index contributed by atoms with van der Waals surface area (Å²) in [4.78, 5) is 0. The molecule has 0 aliphatic carbocycles. The summed E-state index contributed by atoms with van der Waals surface area (Å²) in [6.45, 7) is -0.0332. The molecule has 0 spiro atoms. The highest BCUT2D eigenvalue weighted by Gasteiger charge is 2.06. The van der Waals surface area contributed by atoms with Gasteiger partial charge < -0.3 is 5.11 Å². The first-order chi connectivity index (χ1) is 9.67. The fourth-order valence-electron chi connectivity index (χ4n) is 2.36. The van der Waals surface area contributed by atoms with Gasteiger partial charge in [0.25, 0.3) is 0 Å². The lowest BCUT2D eigenvalue weighted by atomic mass is 9.97. The van der Waals surface area contributed by atoms with Crippen LogP contribution in [-0.2, 0) is 6.61 Å². The Balaban J connectivity index is 2.17. The van der Waals surface area contributed by atoms with Gasteiger partial charge in [0.1, 0.15) is 0 Å². The molecule has 1 nitrogen and oxygen atoms in total. The molecule has 0 aromatic heterocycles. The molecule has 3 rings (SSSR count). The Bertz CT molecular complexity index is 781. The second-order valence-corrected chi connectivity index (χ2v) is 5.54. The van der Waals surface area contributed by atoms with Crippen LogP contribution in [0.15, 0.2) is 54.6 Å². The molecular weight excluding hydrogens is 291 g/mol. The van der Waals surface area contributed by atoms with Gasteiger partial charge in [-0.3, -0.25) is 0 Å². The van der Waals surface area contributed by atoms with Gasteiger partial charge in [-0.2, -0.15) is 0 Å². The van der Waals surface area contributed by atoms with E-state index in [0.29, 0.717) is 5.02 Å². The summed E-state index contributed by atoms with van der Waals surface area (Å²) < 4.78 is 0. The van der Waals surface area contributed by atoms with Crippen molar-refractivity contribution in [1.82, 2.24) is 0 Å². The van der Waals surface area contributed by atoms with Crippen LogP contribution in [0.2, 0.25) is 10.0 Å². The molecule has 100 valence electrons. The molecule has 0 aliphatic heterocycles. The lowest BCUT2D eigenvalue weighted by Crippen LogP contribution is -1.89. The maximum atomic E-state index is 9.48. The smallest absolute Gasteiger partial charge is 0.0688 e. The van der Waals surface area contributed by atoms with E-state index in [2.05, 4.69) is 6.07 Å². The molecule has 3 aromatic rings. The molecule has 0 saturated heterocycles. The van der Waals surface area contributed by atoms with Gasteiger partial charge in [-0.25, -0.2) is 0 Å². The standard InChI is InChI=1S/C17H12Cl2O/c18-15-4-3-11-7-13(2-1-12(11)8-15)17-6-5-16(19)9-14(17)10-20/h1-9,20H,10H2. The predicted octanol–water partition coefficient (Wildman–Crippen LogP) is 5.31. The molecule has 0 heterocycles. The van der Waals surface area contributed by atoms with Crippen LogP contribution in [0.3, 0.4) is 0 Å². The van der Waals surface area contributed by atoms with Crippen LogP contribution >= 0.6 is 23.2 Å². The van der Waals surface area contributed by atoms with Crippen molar-refractivity contribution in [1.29, 1.82) is 0 Å². The third kappa shape index (κ3) is 2.53. The van der Waals surface area contributed by atoms with Crippen LogP contribution in [0.4, 0.5) is 0 Å². The molecule has 3 heteroatoms. The summed E-state index contributed by atoms with van der Waals surface area (Å²) in [6.07, 6.45) is 0. The van der Waals surface area contributed by atoms with E-state index in [-0.39, 0.29) is 6.61 Å². The summed E-state index contributed by atoms with van der Waals surface area (Å²) in [5.41, 5.74) is 2.88. The Morgan fingerprint density at radius 2 is 1.40 bits per heavy atom. The first-order valence-electron chi connectivity index (χ1n) is 6.26. The number of hydrogen-bond acceptors (Lipinski definition) is 1. The molecule has 0 fully saturated rings. The van der Waals surface area contributed by atoms with Crippen molar-refractivity contribution in [3.8, 4) is 11.1 Å². The Morgan fingerprint density at radius 1 is 0.750 bits per heavy atom. The lowest BCUT2D eigenvalue weighted by molar-refractivity contribution is 0.282. The third-order valence-electron chi connectivity index (χ3n) is 3.35. The minimum atomic E-state index is -0.0332. The fraction of sp³-hybridized carbons (Fsp3) is 0.0588. The topological polar surface area (TPSA) is 20.2 Å². The molecule has 0 atom stereocenters. The Kier molecular flexibility index (Phi) is 3.66. The van der Waals surface area contributed by atoms with Crippen molar-refractivity contribution in [2.75, 3.05) is 0 Å². The summed E-state index contributed by atoms with van der Waals surface area (Å²) >= 11 is 12.0. The zero-order chi connectivity index (χ0) is 14.1. The van der Waals surface area contributed by atoms with E-state index < -0.39 is 0 Å². The number of halogens is 2. The van der Waals surface area contributed by atoms with Crippen LogP contribution in [0, 0.1) is 0 Å². The molecule has 0 bridgehead atoms. The van der Waals surface area contributed by atoms with Gasteiger partial charge in [-0.1, -0.05) is 47.5 Å². The molecule has 1 N–H and O–H groups in total. The van der Waals surface area contributed by atoms with Gasteiger partial charge in [-0.05, 0) is 57.8 Å². The summed E-state index contributed by atoms with van der Waals surface area (Å²) in [5.74, 6) is 0. The number of rotatable bonds is 2. The number of aliphatic hydroxyl groups excluding tert-OH is 1. The lowest BCUT2D eigenvalue weighted by Gasteiger charge is -2.09. The van der Waals surface area contributed by atoms with Gasteiger partial charge in [0.05, 0.1) is 6.61 Å². The van der Waals surface area contributed by atoms with Crippen LogP contribution in [0.5, 0.6) is 0 Å². The van der Waals surface area contributed by atoms with E-state index in [9.17, 15) is 5.11 Å². The SMILES string of the molecule is OCc1cc(Cl)ccc1-c1ccc2cc(Cl)ccc2c1. The first kappa shape index (κ1) is 13.4. The number of benzene rings is 3. The Morgan fingerprint density at radius 3 is 2.20 bits per heavy atom. The number of fused-ring (bicyclic) bond motifs is 1. The highest BCUT2D eigenvalue weighted by atomic mass is 35.5. The normalized spacial score (nSPS) is 10.9. The van der Waals surface area contributed by atoms with E-state index in [4.69, 9.17) is 23.2 Å². The molecule has 0 aliphatic rings. The molecule has 0 amide bonds. The third-order valence-corrected chi connectivity index (χ3v) is 3.82. The van der Waals surface area contributed by atoms with Gasteiger partial charge in [0.2, 0.25) is 0 Å². The molecule has 0 radical (unpaired) electrons. The van der Waals surface area contributed by atoms with E-state index in [1.807, 2.05) is 42.5 Å². The van der Waals surface area contributed by atoms with Crippen LogP contribution < -0.4 is 0 Å². The van der Waals surface area contributed by atoms with Crippen molar-refractivity contribution in [3.63, 3.8) is 0 Å². The van der Waals surface area contributed by atoms with Crippen LogP contribution in [0.25, 0.3) is 21.9 Å². The molecule has 0 saturated carbocycles. The van der Waals surface area contributed by atoms with Crippen molar-refractivity contribution < 1.29 is 5.11 Å². The highest BCUT2D eigenvalue weighted by Crippen LogP contribution is 2.30. The van der Waals surface area contributed by atoms with Crippen LogP contribution in [-0.4, -0.2) is 5.11 Å². The maximum absolute atomic E-state index is 9.48. The van der Waals surface area contributed by atoms with Gasteiger partial charge in [0.15, 0.2) is 0 Å². The van der Waals surface area contributed by atoms with E-state index in [1.165, 1.54) is 0 Å². The fourth-order valence-corrected chi connectivity index (χ4v) is 2.73. The van der Waals surface area contributed by atoms with Crippen molar-refractivity contribution >= 4 is 34.0 Å². The zero-order valence-corrected chi connectivity index (χ0v) is 12.1. The molecular formula is C17H12Cl2O. The zero-order valence-electron chi connectivity index (χ0n) is 10.6. The highest BCUT2D eigenvalue weighted by molar-refractivity contribution is 6.31. The van der Waals surface area contributed by atoms with E-state index >= 15 is 0 Å². The molecule has 0 unspecified atom stereocenters. The van der Waals surface area contributed by atoms with Crippen molar-refractivity contribution in [2.45, 2.75) is 6.61 Å². The maximum Gasteiger partial charge on any atom is 0.0688 e. The summed E-state index contributed by atoms with van der Waals surface area (Å²) in [6, 6.07) is 17.5. The van der Waals surface area contributed by atoms with Gasteiger partial charge in [0, 0.05) is 10.0 Å². The second kappa shape index (κ2) is 5.45. The van der Waals surface area contributed by atoms with Gasteiger partial charge >= 0.3 is 0 Å². The first-order valence-corrected chi connectivity index (χ1v) is 7.02. The minimum absolute atomic E-state index is 0.0332. The second-order valence-electron chi connectivity index (χ2n) is 4.67. The largest absolute Gasteiger partial charge is 0.392 e. The Labute approximate surface area is 127 Å². The summed E-state index contributed by atoms with van der Waals surface area (Å²) in [7, 11) is 0. The van der Waals surface area contributed by atoms with E-state index in [1.54, 1.807) is 6.07 Å². The predicted molar refractivity (Wildman–Crippen MR) is 85.3 cm³/mol. The monoisotopic (exact) mass is 302 g/mol.